The molecule has 0 saturated heterocycles. The van der Waals surface area contributed by atoms with Crippen molar-refractivity contribution in [2.45, 2.75) is 53.0 Å². The maximum atomic E-state index is 12.5. The number of thiophene rings is 1. The Morgan fingerprint density at radius 3 is 2.65 bits per heavy atom. The van der Waals surface area contributed by atoms with E-state index in [1.54, 1.807) is 6.07 Å². The monoisotopic (exact) mass is 292 g/mol. The summed E-state index contributed by atoms with van der Waals surface area (Å²) in [5, 5.41) is 3.31. The summed E-state index contributed by atoms with van der Waals surface area (Å²) in [6.45, 7) is 8.91. The number of amides is 1. The standard InChI is InChI=1S/C16H24N2OS/c1-9-11(17)7-12(20-9)13(19)18-14-15(2,3)10-5-6-16(14,4)8-10/h7,10,14H,5-6,8,17H2,1-4H3,(H,18,19). The highest BCUT2D eigenvalue weighted by Crippen LogP contribution is 2.62. The van der Waals surface area contributed by atoms with E-state index >= 15 is 0 Å². The van der Waals surface area contributed by atoms with Gasteiger partial charge in [-0.05, 0) is 49.0 Å². The Hall–Kier alpha value is -1.03. The third-order valence-corrected chi connectivity index (χ3v) is 6.79. The molecule has 3 N–H and O–H groups in total. The van der Waals surface area contributed by atoms with Crippen LogP contribution < -0.4 is 11.1 Å². The van der Waals surface area contributed by atoms with Crippen molar-refractivity contribution in [3.05, 3.63) is 15.8 Å². The number of anilines is 1. The fourth-order valence-corrected chi connectivity index (χ4v) is 5.32. The fourth-order valence-electron chi connectivity index (χ4n) is 4.47. The second-order valence-electron chi connectivity index (χ2n) is 7.44. The molecule has 0 aliphatic heterocycles. The quantitative estimate of drug-likeness (QED) is 0.875. The van der Waals surface area contributed by atoms with Gasteiger partial charge >= 0.3 is 0 Å². The van der Waals surface area contributed by atoms with Crippen LogP contribution in [0.3, 0.4) is 0 Å². The first-order chi connectivity index (χ1) is 9.24. The molecular formula is C16H24N2OS. The van der Waals surface area contributed by atoms with Crippen LogP contribution in [0.2, 0.25) is 0 Å². The Morgan fingerprint density at radius 2 is 2.15 bits per heavy atom. The number of nitrogen functional groups attached to an aromatic ring is 1. The summed E-state index contributed by atoms with van der Waals surface area (Å²) >= 11 is 1.49. The molecule has 1 aromatic heterocycles. The van der Waals surface area contributed by atoms with Gasteiger partial charge in [-0.3, -0.25) is 4.79 Å². The van der Waals surface area contributed by atoms with Crippen molar-refractivity contribution in [1.82, 2.24) is 5.32 Å². The predicted octanol–water partition coefficient (Wildman–Crippen LogP) is 3.58. The molecule has 2 fully saturated rings. The molecule has 1 heterocycles. The fraction of sp³-hybridized carbons (Fsp3) is 0.688. The average Bonchev–Trinajstić information content (AvgIpc) is 2.95. The number of nitrogens with one attached hydrogen (secondary N) is 1. The predicted molar refractivity (Wildman–Crippen MR) is 84.0 cm³/mol. The molecule has 2 saturated carbocycles. The Morgan fingerprint density at radius 1 is 1.45 bits per heavy atom. The topological polar surface area (TPSA) is 55.1 Å². The molecule has 3 rings (SSSR count). The van der Waals surface area contributed by atoms with Crippen LogP contribution in [-0.2, 0) is 0 Å². The van der Waals surface area contributed by atoms with Crippen molar-refractivity contribution in [3.8, 4) is 0 Å². The highest BCUT2D eigenvalue weighted by Gasteiger charge is 2.59. The zero-order chi connectivity index (χ0) is 14.7. The van der Waals surface area contributed by atoms with Gasteiger partial charge in [0.15, 0.2) is 0 Å². The molecule has 20 heavy (non-hydrogen) atoms. The number of hydrogen-bond acceptors (Lipinski definition) is 3. The van der Waals surface area contributed by atoms with Crippen molar-refractivity contribution in [1.29, 1.82) is 0 Å². The van der Waals surface area contributed by atoms with E-state index < -0.39 is 0 Å². The number of nitrogens with two attached hydrogens (primary N) is 1. The maximum absolute atomic E-state index is 12.5. The first-order valence-electron chi connectivity index (χ1n) is 7.41. The highest BCUT2D eigenvalue weighted by molar-refractivity contribution is 7.14. The normalized spacial score (nSPS) is 34.4. The molecule has 3 nitrogen and oxygen atoms in total. The van der Waals surface area contributed by atoms with Crippen LogP contribution in [0.4, 0.5) is 5.69 Å². The average molecular weight is 292 g/mol. The van der Waals surface area contributed by atoms with E-state index in [-0.39, 0.29) is 22.8 Å². The van der Waals surface area contributed by atoms with E-state index in [1.807, 2.05) is 6.92 Å². The molecule has 2 aliphatic rings. The minimum absolute atomic E-state index is 0.0432. The summed E-state index contributed by atoms with van der Waals surface area (Å²) in [4.78, 5) is 14.3. The number of hydrogen-bond donors (Lipinski definition) is 2. The van der Waals surface area contributed by atoms with Crippen molar-refractivity contribution >= 4 is 22.9 Å². The number of carbonyl (C=O) groups excluding carboxylic acids is 1. The molecule has 4 heteroatoms. The van der Waals surface area contributed by atoms with Crippen LogP contribution in [0.1, 0.15) is 54.6 Å². The Labute approximate surface area is 124 Å². The SMILES string of the molecule is Cc1sc(C(=O)NC2C3(C)CCC(C3)C2(C)C)cc1N. The van der Waals surface area contributed by atoms with Crippen LogP contribution in [0.25, 0.3) is 0 Å². The van der Waals surface area contributed by atoms with Gasteiger partial charge in [-0.2, -0.15) is 0 Å². The van der Waals surface area contributed by atoms with Crippen LogP contribution in [0.15, 0.2) is 6.07 Å². The number of rotatable bonds is 2. The third-order valence-electron chi connectivity index (χ3n) is 5.73. The van der Waals surface area contributed by atoms with Crippen molar-refractivity contribution < 1.29 is 4.79 Å². The third kappa shape index (κ3) is 1.88. The van der Waals surface area contributed by atoms with Gasteiger partial charge in [0, 0.05) is 16.6 Å². The van der Waals surface area contributed by atoms with Crippen molar-refractivity contribution in [2.24, 2.45) is 16.7 Å². The van der Waals surface area contributed by atoms with Gasteiger partial charge in [-0.15, -0.1) is 11.3 Å². The van der Waals surface area contributed by atoms with E-state index in [4.69, 9.17) is 5.73 Å². The van der Waals surface area contributed by atoms with E-state index in [2.05, 4.69) is 26.1 Å². The maximum Gasteiger partial charge on any atom is 0.261 e. The minimum Gasteiger partial charge on any atom is -0.398 e. The molecular weight excluding hydrogens is 268 g/mol. The molecule has 0 spiro atoms. The Kier molecular flexibility index (Phi) is 2.95. The molecule has 0 aromatic carbocycles. The lowest BCUT2D eigenvalue weighted by molar-refractivity contribution is 0.0741. The van der Waals surface area contributed by atoms with E-state index in [1.165, 1.54) is 30.6 Å². The lowest BCUT2D eigenvalue weighted by Crippen LogP contribution is -2.52. The molecule has 0 radical (unpaired) electrons. The summed E-state index contributed by atoms with van der Waals surface area (Å²) in [6.07, 6.45) is 3.79. The van der Waals surface area contributed by atoms with Crippen LogP contribution in [0, 0.1) is 23.7 Å². The van der Waals surface area contributed by atoms with Gasteiger partial charge in [0.25, 0.3) is 5.91 Å². The smallest absolute Gasteiger partial charge is 0.261 e. The molecule has 1 amide bonds. The van der Waals surface area contributed by atoms with Gasteiger partial charge in [0.05, 0.1) is 4.88 Å². The van der Waals surface area contributed by atoms with Crippen LogP contribution in [0.5, 0.6) is 0 Å². The van der Waals surface area contributed by atoms with Gasteiger partial charge in [0.1, 0.15) is 0 Å². The zero-order valence-electron chi connectivity index (χ0n) is 12.7. The molecule has 2 aliphatic carbocycles. The largest absolute Gasteiger partial charge is 0.398 e. The van der Waals surface area contributed by atoms with Gasteiger partial charge in [0.2, 0.25) is 0 Å². The summed E-state index contributed by atoms with van der Waals surface area (Å²) in [5.74, 6) is 0.787. The lowest BCUT2D eigenvalue weighted by atomic mass is 9.68. The van der Waals surface area contributed by atoms with E-state index in [9.17, 15) is 4.79 Å². The summed E-state index contributed by atoms with van der Waals surface area (Å²) in [5.41, 5.74) is 7.04. The minimum atomic E-state index is 0.0432. The van der Waals surface area contributed by atoms with Crippen LogP contribution >= 0.6 is 11.3 Å². The first kappa shape index (κ1) is 13.9. The number of fused-ring (bicyclic) bond motifs is 2. The summed E-state index contributed by atoms with van der Waals surface area (Å²) in [7, 11) is 0. The van der Waals surface area contributed by atoms with Crippen molar-refractivity contribution in [3.63, 3.8) is 0 Å². The second kappa shape index (κ2) is 4.23. The van der Waals surface area contributed by atoms with Gasteiger partial charge < -0.3 is 11.1 Å². The number of aryl methyl sites for hydroxylation is 1. The molecule has 110 valence electrons. The van der Waals surface area contributed by atoms with E-state index in [0.717, 1.165) is 21.4 Å². The summed E-state index contributed by atoms with van der Waals surface area (Å²) < 4.78 is 0. The Balaban J connectivity index is 1.82. The van der Waals surface area contributed by atoms with Crippen molar-refractivity contribution in [2.75, 3.05) is 5.73 Å². The first-order valence-corrected chi connectivity index (χ1v) is 8.22. The summed E-state index contributed by atoms with van der Waals surface area (Å²) in [6, 6.07) is 2.07. The van der Waals surface area contributed by atoms with Gasteiger partial charge in [-0.1, -0.05) is 20.8 Å². The second-order valence-corrected chi connectivity index (χ2v) is 8.70. The Bertz CT molecular complexity index is 539. The number of carbonyl (C=O) groups is 1. The van der Waals surface area contributed by atoms with Crippen LogP contribution in [-0.4, -0.2) is 11.9 Å². The molecule has 3 atom stereocenters. The molecule has 2 bridgehead atoms. The van der Waals surface area contributed by atoms with Gasteiger partial charge in [-0.25, -0.2) is 0 Å². The lowest BCUT2D eigenvalue weighted by Gasteiger charge is -2.43. The molecule has 1 aromatic rings. The highest BCUT2D eigenvalue weighted by atomic mass is 32.1. The van der Waals surface area contributed by atoms with E-state index in [0.29, 0.717) is 0 Å². The zero-order valence-corrected chi connectivity index (χ0v) is 13.6. The molecule has 3 unspecified atom stereocenters.